The first kappa shape index (κ1) is 15.5. The monoisotopic (exact) mass is 352 g/mol. The Kier molecular flexibility index (Phi) is 5.61. The number of rotatable bonds is 5. The predicted molar refractivity (Wildman–Crippen MR) is 88.8 cm³/mol. The topological polar surface area (TPSA) is 38.0 Å². The van der Waals surface area contributed by atoms with E-state index in [0.29, 0.717) is 5.02 Å². The lowest BCUT2D eigenvalue weighted by Gasteiger charge is -2.18. The normalized spacial score (nSPS) is 12.4. The maximum atomic E-state index is 6.04. The van der Waals surface area contributed by atoms with Gasteiger partial charge >= 0.3 is 0 Å². The summed E-state index contributed by atoms with van der Waals surface area (Å²) in [5.41, 5.74) is 6.46. The molecule has 0 fully saturated rings. The summed E-state index contributed by atoms with van der Waals surface area (Å²) in [4.78, 5) is 0. The van der Waals surface area contributed by atoms with Crippen LogP contribution in [0.1, 0.15) is 36.1 Å². The van der Waals surface area contributed by atoms with Crippen LogP contribution >= 0.6 is 27.5 Å². The van der Waals surface area contributed by atoms with Crippen molar-refractivity contribution in [2.45, 2.75) is 25.8 Å². The van der Waals surface area contributed by atoms with E-state index in [2.05, 4.69) is 52.5 Å². The minimum Gasteiger partial charge on any atom is -0.271 e. The van der Waals surface area contributed by atoms with Gasteiger partial charge in [0.2, 0.25) is 0 Å². The van der Waals surface area contributed by atoms with Gasteiger partial charge in [-0.2, -0.15) is 0 Å². The maximum absolute atomic E-state index is 6.04. The van der Waals surface area contributed by atoms with Crippen LogP contribution in [0, 0.1) is 0 Å². The van der Waals surface area contributed by atoms with Crippen molar-refractivity contribution in [1.82, 2.24) is 5.43 Å². The molecule has 0 bridgehead atoms. The maximum Gasteiger partial charge on any atom is 0.0710 e. The molecule has 0 aliphatic rings. The van der Waals surface area contributed by atoms with Gasteiger partial charge in [0.25, 0.3) is 0 Å². The Morgan fingerprint density at radius 3 is 2.60 bits per heavy atom. The summed E-state index contributed by atoms with van der Waals surface area (Å²) < 4.78 is 0.877. The first-order valence-corrected chi connectivity index (χ1v) is 7.82. The van der Waals surface area contributed by atoms with Crippen LogP contribution in [-0.4, -0.2) is 0 Å². The lowest BCUT2D eigenvalue weighted by molar-refractivity contribution is 0.635. The highest BCUT2D eigenvalue weighted by atomic mass is 79.9. The highest BCUT2D eigenvalue weighted by Crippen LogP contribution is 2.29. The average molecular weight is 354 g/mol. The summed E-state index contributed by atoms with van der Waals surface area (Å²) >= 11 is 9.50. The van der Waals surface area contributed by atoms with Crippen molar-refractivity contribution in [2.75, 3.05) is 0 Å². The molecule has 106 valence electrons. The van der Waals surface area contributed by atoms with Crippen LogP contribution in [0.5, 0.6) is 0 Å². The summed E-state index contributed by atoms with van der Waals surface area (Å²) in [7, 11) is 0. The van der Waals surface area contributed by atoms with E-state index in [9.17, 15) is 0 Å². The fourth-order valence-corrected chi connectivity index (χ4v) is 2.81. The van der Waals surface area contributed by atoms with Crippen LogP contribution in [-0.2, 0) is 6.42 Å². The van der Waals surface area contributed by atoms with Gasteiger partial charge < -0.3 is 0 Å². The van der Waals surface area contributed by atoms with Crippen LogP contribution in [0.15, 0.2) is 46.9 Å². The van der Waals surface area contributed by atoms with Crippen LogP contribution < -0.4 is 11.3 Å². The number of hydrogen-bond donors (Lipinski definition) is 2. The molecule has 3 N–H and O–H groups in total. The SMILES string of the molecule is CCCc1cccc(C(NN)c2ccc(Cl)c(Br)c2)c1. The molecule has 0 saturated carbocycles. The lowest BCUT2D eigenvalue weighted by atomic mass is 9.96. The number of nitrogens with one attached hydrogen (secondary N) is 1. The third-order valence-corrected chi connectivity index (χ3v) is 4.48. The molecule has 0 aromatic heterocycles. The third-order valence-electron chi connectivity index (χ3n) is 3.27. The molecule has 20 heavy (non-hydrogen) atoms. The van der Waals surface area contributed by atoms with Crippen molar-refractivity contribution in [3.63, 3.8) is 0 Å². The van der Waals surface area contributed by atoms with Crippen molar-refractivity contribution in [3.05, 3.63) is 68.7 Å². The number of nitrogens with two attached hydrogens (primary N) is 1. The summed E-state index contributed by atoms with van der Waals surface area (Å²) in [6.45, 7) is 2.18. The zero-order valence-corrected chi connectivity index (χ0v) is 13.7. The molecule has 2 nitrogen and oxygen atoms in total. The van der Waals surface area contributed by atoms with Crippen LogP contribution in [0.25, 0.3) is 0 Å². The van der Waals surface area contributed by atoms with Gasteiger partial charge in [0.15, 0.2) is 0 Å². The van der Waals surface area contributed by atoms with Crippen molar-refractivity contribution in [2.24, 2.45) is 5.84 Å². The summed E-state index contributed by atoms with van der Waals surface area (Å²) in [5.74, 6) is 5.75. The lowest BCUT2D eigenvalue weighted by Crippen LogP contribution is -2.28. The van der Waals surface area contributed by atoms with Gasteiger partial charge in [-0.25, -0.2) is 5.43 Å². The second-order valence-corrected chi connectivity index (χ2v) is 6.03. The second kappa shape index (κ2) is 7.23. The van der Waals surface area contributed by atoms with Gasteiger partial charge in [0.05, 0.1) is 11.1 Å². The summed E-state index contributed by atoms with van der Waals surface area (Å²) in [6.07, 6.45) is 2.21. The minimum absolute atomic E-state index is 0.0413. The Labute approximate surface area is 133 Å². The van der Waals surface area contributed by atoms with Crippen molar-refractivity contribution >= 4 is 27.5 Å². The molecule has 0 aliphatic heterocycles. The number of benzene rings is 2. The molecule has 0 amide bonds. The summed E-state index contributed by atoms with van der Waals surface area (Å²) in [6, 6.07) is 14.3. The molecule has 1 atom stereocenters. The molecular formula is C16H18BrClN2. The molecule has 2 aromatic carbocycles. The quantitative estimate of drug-likeness (QED) is 0.608. The van der Waals surface area contributed by atoms with Crippen LogP contribution in [0.2, 0.25) is 5.02 Å². The molecule has 2 rings (SSSR count). The second-order valence-electron chi connectivity index (χ2n) is 4.77. The van der Waals surface area contributed by atoms with Crippen LogP contribution in [0.3, 0.4) is 0 Å². The van der Waals surface area contributed by atoms with Crippen molar-refractivity contribution in [3.8, 4) is 0 Å². The van der Waals surface area contributed by atoms with Crippen LogP contribution in [0.4, 0.5) is 0 Å². The van der Waals surface area contributed by atoms with E-state index in [1.165, 1.54) is 5.56 Å². The molecule has 0 heterocycles. The number of halogens is 2. The van der Waals surface area contributed by atoms with Crippen molar-refractivity contribution in [1.29, 1.82) is 0 Å². The highest BCUT2D eigenvalue weighted by Gasteiger charge is 2.14. The Balaban J connectivity index is 2.36. The van der Waals surface area contributed by atoms with E-state index in [1.807, 2.05) is 18.2 Å². The van der Waals surface area contributed by atoms with Gasteiger partial charge in [-0.3, -0.25) is 5.84 Å². The molecule has 4 heteroatoms. The molecule has 0 radical (unpaired) electrons. The smallest absolute Gasteiger partial charge is 0.0710 e. The Bertz CT molecular complexity index is 586. The first-order valence-electron chi connectivity index (χ1n) is 6.65. The predicted octanol–water partition coefficient (Wildman–Crippen LogP) is 4.61. The number of hydrazine groups is 1. The third kappa shape index (κ3) is 3.61. The standard InChI is InChI=1S/C16H18BrClN2/c1-2-4-11-5-3-6-12(9-11)16(20-19)13-7-8-15(18)14(17)10-13/h3,5-10,16,20H,2,4,19H2,1H3. The van der Waals surface area contributed by atoms with E-state index >= 15 is 0 Å². The fourth-order valence-electron chi connectivity index (χ4n) is 2.29. The van der Waals surface area contributed by atoms with E-state index in [1.54, 1.807) is 0 Å². The zero-order chi connectivity index (χ0) is 14.5. The molecule has 0 spiro atoms. The van der Waals surface area contributed by atoms with Gasteiger partial charge in [-0.15, -0.1) is 0 Å². The van der Waals surface area contributed by atoms with E-state index in [0.717, 1.165) is 28.4 Å². The number of aryl methyl sites for hydroxylation is 1. The average Bonchev–Trinajstić information content (AvgIpc) is 2.44. The van der Waals surface area contributed by atoms with E-state index < -0.39 is 0 Å². The number of hydrogen-bond acceptors (Lipinski definition) is 2. The minimum atomic E-state index is -0.0413. The molecule has 0 aliphatic carbocycles. The van der Waals surface area contributed by atoms with Gasteiger partial charge in [-0.05, 0) is 51.2 Å². The fraction of sp³-hybridized carbons (Fsp3) is 0.250. The molecule has 2 aromatic rings. The molecule has 0 saturated heterocycles. The van der Waals surface area contributed by atoms with E-state index in [-0.39, 0.29) is 6.04 Å². The zero-order valence-electron chi connectivity index (χ0n) is 11.4. The highest BCUT2D eigenvalue weighted by molar-refractivity contribution is 9.10. The molecular weight excluding hydrogens is 336 g/mol. The molecule has 1 unspecified atom stereocenters. The largest absolute Gasteiger partial charge is 0.271 e. The van der Waals surface area contributed by atoms with Gasteiger partial charge in [0, 0.05) is 4.47 Å². The van der Waals surface area contributed by atoms with Crippen molar-refractivity contribution < 1.29 is 0 Å². The first-order chi connectivity index (χ1) is 9.65. The van der Waals surface area contributed by atoms with Gasteiger partial charge in [0.1, 0.15) is 0 Å². The van der Waals surface area contributed by atoms with E-state index in [4.69, 9.17) is 17.4 Å². The Morgan fingerprint density at radius 1 is 1.20 bits per heavy atom. The Hall–Kier alpha value is -0.870. The van der Waals surface area contributed by atoms with Gasteiger partial charge in [-0.1, -0.05) is 55.3 Å². The Morgan fingerprint density at radius 2 is 1.95 bits per heavy atom. The summed E-state index contributed by atoms with van der Waals surface area (Å²) in [5, 5.41) is 0.698.